The topological polar surface area (TPSA) is 58.3 Å². The van der Waals surface area contributed by atoms with Gasteiger partial charge in [-0.1, -0.05) is 31.5 Å². The van der Waals surface area contributed by atoms with Crippen molar-refractivity contribution in [3.63, 3.8) is 0 Å². The first kappa shape index (κ1) is 24.0. The molecule has 1 fully saturated rings. The zero-order valence-electron chi connectivity index (χ0n) is 17.7. The molecule has 3 rings (SSSR count). The maximum absolute atomic E-state index is 4.88. The summed E-state index contributed by atoms with van der Waals surface area (Å²) in [6.07, 6.45) is 3.56. The summed E-state index contributed by atoms with van der Waals surface area (Å²) in [7, 11) is 2.00. The molecule has 1 saturated heterocycles. The second kappa shape index (κ2) is 12.4. The van der Waals surface area contributed by atoms with Crippen molar-refractivity contribution in [3.8, 4) is 0 Å². The van der Waals surface area contributed by atoms with Gasteiger partial charge in [0.15, 0.2) is 11.8 Å². The Morgan fingerprint density at radius 3 is 2.76 bits per heavy atom. The zero-order chi connectivity index (χ0) is 19.8. The van der Waals surface area contributed by atoms with E-state index in [9.17, 15) is 0 Å². The Kier molecular flexibility index (Phi) is 10.3. The van der Waals surface area contributed by atoms with Crippen LogP contribution in [0.2, 0.25) is 0 Å². The molecule has 1 aromatic heterocycles. The normalized spacial score (nSPS) is 16.7. The third-order valence-corrected chi connectivity index (χ3v) is 6.42. The number of thioether (sulfide) groups is 1. The highest BCUT2D eigenvalue weighted by Crippen LogP contribution is 2.26. The predicted molar refractivity (Wildman–Crippen MR) is 132 cm³/mol. The molecule has 1 unspecified atom stereocenters. The largest absolute Gasteiger partial charge is 0.356 e. The number of rotatable bonds is 8. The summed E-state index contributed by atoms with van der Waals surface area (Å²) in [5.41, 5.74) is 0. The summed E-state index contributed by atoms with van der Waals surface area (Å²) in [6, 6.07) is 10.7. The molecule has 1 aromatic carbocycles. The molecular weight excluding hydrogens is 495 g/mol. The van der Waals surface area contributed by atoms with E-state index in [4.69, 9.17) is 4.99 Å². The van der Waals surface area contributed by atoms with Crippen LogP contribution in [0.3, 0.4) is 0 Å². The van der Waals surface area contributed by atoms with Crippen LogP contribution in [0.1, 0.15) is 37.8 Å². The van der Waals surface area contributed by atoms with Crippen molar-refractivity contribution in [1.82, 2.24) is 25.0 Å². The lowest BCUT2D eigenvalue weighted by Gasteiger charge is -2.22. The summed E-state index contributed by atoms with van der Waals surface area (Å²) in [4.78, 5) is 8.64. The SMILES string of the molecule is CCCCNC(=NCc1nnc(C)n1C)N1CCC(CSc2ccccc2)C1.I. The van der Waals surface area contributed by atoms with Crippen molar-refractivity contribution in [3.05, 3.63) is 42.0 Å². The minimum Gasteiger partial charge on any atom is -0.356 e. The maximum atomic E-state index is 4.88. The van der Waals surface area contributed by atoms with E-state index in [0.717, 1.165) is 49.4 Å². The lowest BCUT2D eigenvalue weighted by atomic mass is 10.2. The number of hydrogen-bond donors (Lipinski definition) is 1. The van der Waals surface area contributed by atoms with Gasteiger partial charge in [0, 0.05) is 37.3 Å². The Bertz CT molecular complexity index is 764. The average molecular weight is 529 g/mol. The summed E-state index contributed by atoms with van der Waals surface area (Å²) in [6.45, 7) is 7.84. The standard InChI is InChI=1S/C21H32N6S.HI/c1-4-5-12-22-21(23-14-20-25-24-17(2)26(20)3)27-13-11-18(15-27)16-28-19-9-7-6-8-10-19;/h6-10,18H,4-5,11-16H2,1-3H3,(H,22,23);1H. The second-order valence-corrected chi connectivity index (χ2v) is 8.46. The summed E-state index contributed by atoms with van der Waals surface area (Å²) in [5.74, 6) is 4.69. The van der Waals surface area contributed by atoms with Crippen LogP contribution in [-0.4, -0.2) is 51.0 Å². The highest BCUT2D eigenvalue weighted by molar-refractivity contribution is 14.0. The van der Waals surface area contributed by atoms with Gasteiger partial charge in [-0.3, -0.25) is 0 Å². The van der Waals surface area contributed by atoms with E-state index in [2.05, 4.69) is 57.7 Å². The van der Waals surface area contributed by atoms with Crippen LogP contribution in [0.5, 0.6) is 0 Å². The van der Waals surface area contributed by atoms with Crippen LogP contribution >= 0.6 is 35.7 Å². The Balaban J connectivity index is 0.00000300. The third kappa shape index (κ3) is 7.16. The number of nitrogens with zero attached hydrogens (tertiary/aromatic N) is 5. The Morgan fingerprint density at radius 1 is 1.28 bits per heavy atom. The van der Waals surface area contributed by atoms with Gasteiger partial charge < -0.3 is 14.8 Å². The van der Waals surface area contributed by atoms with Crippen molar-refractivity contribution < 1.29 is 0 Å². The monoisotopic (exact) mass is 528 g/mol. The molecule has 29 heavy (non-hydrogen) atoms. The number of guanidine groups is 1. The molecule has 0 saturated carbocycles. The van der Waals surface area contributed by atoms with Crippen molar-refractivity contribution in [1.29, 1.82) is 0 Å². The van der Waals surface area contributed by atoms with Crippen LogP contribution in [0.4, 0.5) is 0 Å². The summed E-state index contributed by atoms with van der Waals surface area (Å²) in [5, 5.41) is 11.9. The van der Waals surface area contributed by atoms with Crippen LogP contribution in [0, 0.1) is 12.8 Å². The Hall–Kier alpha value is -1.29. The maximum Gasteiger partial charge on any atom is 0.194 e. The fourth-order valence-corrected chi connectivity index (χ4v) is 4.32. The summed E-state index contributed by atoms with van der Waals surface area (Å²) >= 11 is 1.96. The van der Waals surface area contributed by atoms with Crippen LogP contribution < -0.4 is 5.32 Å². The van der Waals surface area contributed by atoms with Gasteiger partial charge in [-0.15, -0.1) is 45.9 Å². The van der Waals surface area contributed by atoms with E-state index in [0.29, 0.717) is 12.5 Å². The molecule has 160 valence electrons. The highest BCUT2D eigenvalue weighted by atomic mass is 127. The number of aryl methyl sites for hydroxylation is 1. The van der Waals surface area contributed by atoms with Crippen molar-refractivity contribution >= 4 is 41.7 Å². The number of benzene rings is 1. The average Bonchev–Trinajstić information content (AvgIpc) is 3.31. The van der Waals surface area contributed by atoms with Crippen molar-refractivity contribution in [2.75, 3.05) is 25.4 Å². The second-order valence-electron chi connectivity index (χ2n) is 7.37. The first-order valence-electron chi connectivity index (χ1n) is 10.2. The van der Waals surface area contributed by atoms with E-state index >= 15 is 0 Å². The molecule has 1 atom stereocenters. The molecular formula is C21H33IN6S. The van der Waals surface area contributed by atoms with Gasteiger partial charge in [-0.2, -0.15) is 0 Å². The number of aliphatic imine (C=N–C) groups is 1. The molecule has 8 heteroatoms. The smallest absolute Gasteiger partial charge is 0.194 e. The molecule has 0 radical (unpaired) electrons. The molecule has 0 bridgehead atoms. The summed E-state index contributed by atoms with van der Waals surface area (Å²) < 4.78 is 2.01. The molecule has 6 nitrogen and oxygen atoms in total. The van der Waals surface area contributed by atoms with Gasteiger partial charge in [0.05, 0.1) is 0 Å². The molecule has 1 N–H and O–H groups in total. The lowest BCUT2D eigenvalue weighted by Crippen LogP contribution is -2.40. The van der Waals surface area contributed by atoms with E-state index in [-0.39, 0.29) is 24.0 Å². The quantitative estimate of drug-likeness (QED) is 0.184. The molecule has 1 aliphatic rings. The van der Waals surface area contributed by atoms with E-state index in [1.54, 1.807) is 0 Å². The number of hydrogen-bond acceptors (Lipinski definition) is 4. The van der Waals surface area contributed by atoms with Crippen molar-refractivity contribution in [2.24, 2.45) is 18.0 Å². The van der Waals surface area contributed by atoms with E-state index in [1.165, 1.54) is 17.7 Å². The van der Waals surface area contributed by atoms with Gasteiger partial charge in [-0.05, 0) is 37.8 Å². The number of likely N-dealkylation sites (tertiary alicyclic amines) is 1. The number of halogens is 1. The molecule has 0 amide bonds. The van der Waals surface area contributed by atoms with Crippen LogP contribution in [-0.2, 0) is 13.6 Å². The fourth-order valence-electron chi connectivity index (χ4n) is 3.27. The molecule has 2 aromatic rings. The zero-order valence-corrected chi connectivity index (χ0v) is 20.8. The minimum absolute atomic E-state index is 0. The lowest BCUT2D eigenvalue weighted by molar-refractivity contribution is 0.470. The fraction of sp³-hybridized carbons (Fsp3) is 0.571. The number of nitrogens with one attached hydrogen (secondary N) is 1. The first-order valence-corrected chi connectivity index (χ1v) is 11.2. The molecule has 1 aliphatic heterocycles. The van der Waals surface area contributed by atoms with Gasteiger partial charge in [0.25, 0.3) is 0 Å². The molecule has 0 aliphatic carbocycles. The third-order valence-electron chi connectivity index (χ3n) is 5.18. The van der Waals surface area contributed by atoms with E-state index in [1.807, 2.05) is 30.3 Å². The van der Waals surface area contributed by atoms with Crippen molar-refractivity contribution in [2.45, 2.75) is 44.6 Å². The van der Waals surface area contributed by atoms with Gasteiger partial charge >= 0.3 is 0 Å². The van der Waals surface area contributed by atoms with E-state index < -0.39 is 0 Å². The first-order chi connectivity index (χ1) is 13.7. The number of unbranched alkanes of at least 4 members (excludes halogenated alkanes) is 1. The van der Waals surface area contributed by atoms with Gasteiger partial charge in [0.1, 0.15) is 12.4 Å². The Morgan fingerprint density at radius 2 is 2.07 bits per heavy atom. The molecule has 2 heterocycles. The van der Waals surface area contributed by atoms with Crippen LogP contribution in [0.15, 0.2) is 40.2 Å². The predicted octanol–water partition coefficient (Wildman–Crippen LogP) is 4.10. The minimum atomic E-state index is 0. The Labute approximate surface area is 196 Å². The number of aromatic nitrogens is 3. The highest BCUT2D eigenvalue weighted by Gasteiger charge is 2.25. The molecule has 0 spiro atoms. The van der Waals surface area contributed by atoms with Gasteiger partial charge in [0.2, 0.25) is 0 Å². The van der Waals surface area contributed by atoms with Gasteiger partial charge in [-0.25, -0.2) is 4.99 Å². The van der Waals surface area contributed by atoms with Crippen LogP contribution in [0.25, 0.3) is 0 Å².